The average molecular weight is 353 g/mol. The molecule has 1 aromatic carbocycles. The molecule has 0 aliphatic carbocycles. The largest absolute Gasteiger partial charge is 0.326 e. The fraction of sp³-hybridized carbons (Fsp3) is 0.222. The van der Waals surface area contributed by atoms with Crippen LogP contribution >= 0.6 is 11.3 Å². The Kier molecular flexibility index (Phi) is 5.04. The van der Waals surface area contributed by atoms with Crippen LogP contribution in [0.1, 0.15) is 22.6 Å². The van der Waals surface area contributed by atoms with E-state index >= 15 is 0 Å². The molecule has 0 spiro atoms. The number of benzene rings is 1. The molecule has 6 nitrogen and oxygen atoms in total. The highest BCUT2D eigenvalue weighted by molar-refractivity contribution is 7.13. The number of nitrogens with zero attached hydrogens (tertiary/aromatic N) is 3. The van der Waals surface area contributed by atoms with Gasteiger partial charge in [0.25, 0.3) is 0 Å². The van der Waals surface area contributed by atoms with E-state index in [-0.39, 0.29) is 12.3 Å². The Morgan fingerprint density at radius 1 is 1.08 bits per heavy atom. The van der Waals surface area contributed by atoms with Gasteiger partial charge < -0.3 is 10.6 Å². The molecule has 1 amide bonds. The zero-order valence-corrected chi connectivity index (χ0v) is 15.1. The van der Waals surface area contributed by atoms with E-state index in [9.17, 15) is 4.79 Å². The summed E-state index contributed by atoms with van der Waals surface area (Å²) in [5.74, 6) is 0.424. The predicted molar refractivity (Wildman–Crippen MR) is 100 cm³/mol. The first-order valence-corrected chi connectivity index (χ1v) is 8.76. The van der Waals surface area contributed by atoms with Crippen molar-refractivity contribution in [3.05, 3.63) is 58.4 Å². The number of thiazole rings is 1. The van der Waals surface area contributed by atoms with E-state index in [2.05, 4.69) is 25.6 Å². The molecule has 0 aliphatic rings. The number of carbonyl (C=O) groups is 1. The van der Waals surface area contributed by atoms with Gasteiger partial charge in [0.05, 0.1) is 12.1 Å². The number of anilines is 3. The topological polar surface area (TPSA) is 79.8 Å². The van der Waals surface area contributed by atoms with Crippen LogP contribution in [0.15, 0.2) is 35.7 Å². The minimum absolute atomic E-state index is 0.0925. The molecule has 0 saturated carbocycles. The van der Waals surface area contributed by atoms with Crippen LogP contribution in [0, 0.1) is 20.8 Å². The Balaban J connectivity index is 1.62. The third-order valence-corrected chi connectivity index (χ3v) is 4.20. The van der Waals surface area contributed by atoms with Gasteiger partial charge in [-0.25, -0.2) is 15.0 Å². The van der Waals surface area contributed by atoms with Crippen molar-refractivity contribution in [3.8, 4) is 0 Å². The number of hydrogen-bond acceptors (Lipinski definition) is 6. The molecule has 0 atom stereocenters. The van der Waals surface area contributed by atoms with Gasteiger partial charge in [0.2, 0.25) is 11.9 Å². The summed E-state index contributed by atoms with van der Waals surface area (Å²) in [5, 5.41) is 8.51. The standard InChI is InChI=1S/C18H19N5OS/c1-11-5-4-6-14(7-11)21-16(24)9-15-10-25-18(22-15)23-17-19-12(2)8-13(3)20-17/h4-8,10H,9H2,1-3H3,(H,21,24)(H,19,20,22,23). The van der Waals surface area contributed by atoms with Crippen molar-refractivity contribution in [1.29, 1.82) is 0 Å². The summed E-state index contributed by atoms with van der Waals surface area (Å²) in [6, 6.07) is 9.62. The molecule has 7 heteroatoms. The normalized spacial score (nSPS) is 10.5. The maximum atomic E-state index is 12.2. The van der Waals surface area contributed by atoms with Crippen molar-refractivity contribution >= 4 is 34.0 Å². The Morgan fingerprint density at radius 2 is 1.84 bits per heavy atom. The lowest BCUT2D eigenvalue weighted by Crippen LogP contribution is -2.14. The lowest BCUT2D eigenvalue weighted by Gasteiger charge is -2.05. The van der Waals surface area contributed by atoms with Crippen LogP contribution in [-0.4, -0.2) is 20.9 Å². The number of aromatic nitrogens is 3. The lowest BCUT2D eigenvalue weighted by molar-refractivity contribution is -0.115. The van der Waals surface area contributed by atoms with E-state index in [4.69, 9.17) is 0 Å². The molecular weight excluding hydrogens is 334 g/mol. The smallest absolute Gasteiger partial charge is 0.230 e. The van der Waals surface area contributed by atoms with Crippen LogP contribution in [0.2, 0.25) is 0 Å². The third kappa shape index (κ3) is 4.84. The van der Waals surface area contributed by atoms with E-state index in [0.717, 1.165) is 22.6 Å². The summed E-state index contributed by atoms with van der Waals surface area (Å²) in [7, 11) is 0. The second kappa shape index (κ2) is 7.40. The van der Waals surface area contributed by atoms with Crippen molar-refractivity contribution in [1.82, 2.24) is 15.0 Å². The molecule has 2 heterocycles. The monoisotopic (exact) mass is 353 g/mol. The molecule has 0 aliphatic heterocycles. The van der Waals surface area contributed by atoms with Gasteiger partial charge in [-0.3, -0.25) is 4.79 Å². The first-order valence-electron chi connectivity index (χ1n) is 7.88. The highest BCUT2D eigenvalue weighted by Gasteiger charge is 2.09. The van der Waals surface area contributed by atoms with Gasteiger partial charge in [-0.05, 0) is 44.5 Å². The predicted octanol–water partition coefficient (Wildman–Crippen LogP) is 3.78. The molecule has 25 heavy (non-hydrogen) atoms. The van der Waals surface area contributed by atoms with Crippen LogP contribution in [0.5, 0.6) is 0 Å². The third-order valence-electron chi connectivity index (χ3n) is 3.40. The maximum Gasteiger partial charge on any atom is 0.230 e. The second-order valence-electron chi connectivity index (χ2n) is 5.84. The number of nitrogens with one attached hydrogen (secondary N) is 2. The van der Waals surface area contributed by atoms with Gasteiger partial charge in [-0.2, -0.15) is 0 Å². The molecule has 3 aromatic rings. The van der Waals surface area contributed by atoms with Gasteiger partial charge in [0.15, 0.2) is 5.13 Å². The van der Waals surface area contributed by atoms with Gasteiger partial charge in [0, 0.05) is 22.5 Å². The molecule has 3 rings (SSSR count). The van der Waals surface area contributed by atoms with E-state index in [1.807, 2.05) is 56.5 Å². The number of amides is 1. The Hall–Kier alpha value is -2.80. The van der Waals surface area contributed by atoms with Crippen LogP contribution in [0.25, 0.3) is 0 Å². The van der Waals surface area contributed by atoms with Crippen molar-refractivity contribution in [3.63, 3.8) is 0 Å². The van der Waals surface area contributed by atoms with Crippen LogP contribution < -0.4 is 10.6 Å². The Labute approximate surface area is 150 Å². The quantitative estimate of drug-likeness (QED) is 0.729. The van der Waals surface area contributed by atoms with Crippen LogP contribution in [0.3, 0.4) is 0 Å². The summed E-state index contributed by atoms with van der Waals surface area (Å²) in [6.07, 6.45) is 0.222. The molecule has 0 bridgehead atoms. The molecule has 0 saturated heterocycles. The second-order valence-corrected chi connectivity index (χ2v) is 6.70. The Morgan fingerprint density at radius 3 is 2.56 bits per heavy atom. The number of carbonyl (C=O) groups excluding carboxylic acids is 1. The molecule has 128 valence electrons. The fourth-order valence-corrected chi connectivity index (χ4v) is 3.12. The minimum Gasteiger partial charge on any atom is -0.326 e. The molecule has 0 radical (unpaired) electrons. The van der Waals surface area contributed by atoms with Crippen molar-refractivity contribution in [2.24, 2.45) is 0 Å². The SMILES string of the molecule is Cc1cccc(NC(=O)Cc2csc(Nc3nc(C)cc(C)n3)n2)c1. The molecule has 0 unspecified atom stereocenters. The highest BCUT2D eigenvalue weighted by atomic mass is 32.1. The number of rotatable bonds is 5. The van der Waals surface area contributed by atoms with Gasteiger partial charge >= 0.3 is 0 Å². The van der Waals surface area contributed by atoms with Crippen LogP contribution in [-0.2, 0) is 11.2 Å². The van der Waals surface area contributed by atoms with Crippen LogP contribution in [0.4, 0.5) is 16.8 Å². The maximum absolute atomic E-state index is 12.2. The molecule has 2 N–H and O–H groups in total. The van der Waals surface area contributed by atoms with Gasteiger partial charge in [-0.1, -0.05) is 12.1 Å². The number of hydrogen-bond donors (Lipinski definition) is 2. The Bertz CT molecular complexity index is 886. The van der Waals surface area contributed by atoms with Crippen molar-refractivity contribution in [2.45, 2.75) is 27.2 Å². The zero-order chi connectivity index (χ0) is 17.8. The van der Waals surface area contributed by atoms with Gasteiger partial charge in [0.1, 0.15) is 0 Å². The van der Waals surface area contributed by atoms with E-state index in [1.165, 1.54) is 11.3 Å². The van der Waals surface area contributed by atoms with Crippen molar-refractivity contribution < 1.29 is 4.79 Å². The van der Waals surface area contributed by atoms with Gasteiger partial charge in [-0.15, -0.1) is 11.3 Å². The molecular formula is C18H19N5OS. The first-order chi connectivity index (χ1) is 12.0. The molecule has 0 fully saturated rings. The van der Waals surface area contributed by atoms with E-state index in [1.54, 1.807) is 0 Å². The summed E-state index contributed by atoms with van der Waals surface area (Å²) >= 11 is 1.42. The zero-order valence-electron chi connectivity index (χ0n) is 14.3. The summed E-state index contributed by atoms with van der Waals surface area (Å²) in [4.78, 5) is 25.2. The first kappa shape index (κ1) is 17.0. The average Bonchev–Trinajstić information content (AvgIpc) is 2.92. The minimum atomic E-state index is -0.0925. The summed E-state index contributed by atoms with van der Waals surface area (Å²) in [5.41, 5.74) is 4.39. The molecule has 2 aromatic heterocycles. The van der Waals surface area contributed by atoms with E-state index < -0.39 is 0 Å². The number of aryl methyl sites for hydroxylation is 3. The highest BCUT2D eigenvalue weighted by Crippen LogP contribution is 2.20. The lowest BCUT2D eigenvalue weighted by atomic mass is 10.2. The van der Waals surface area contributed by atoms with E-state index in [0.29, 0.717) is 16.8 Å². The summed E-state index contributed by atoms with van der Waals surface area (Å²) < 4.78 is 0. The summed E-state index contributed by atoms with van der Waals surface area (Å²) in [6.45, 7) is 5.83. The fourth-order valence-electron chi connectivity index (χ4n) is 2.42. The van der Waals surface area contributed by atoms with Crippen molar-refractivity contribution in [2.75, 3.05) is 10.6 Å².